The maximum absolute atomic E-state index is 12.3. The lowest BCUT2D eigenvalue weighted by Crippen LogP contribution is -2.46. The summed E-state index contributed by atoms with van der Waals surface area (Å²) in [6.07, 6.45) is 6.27. The molecule has 1 aliphatic rings. The highest BCUT2D eigenvalue weighted by molar-refractivity contribution is 7.99. The van der Waals surface area contributed by atoms with E-state index in [0.29, 0.717) is 11.3 Å². The van der Waals surface area contributed by atoms with Gasteiger partial charge in [-0.05, 0) is 56.6 Å². The van der Waals surface area contributed by atoms with Gasteiger partial charge in [-0.25, -0.2) is 4.79 Å². The molecule has 1 fully saturated rings. The van der Waals surface area contributed by atoms with E-state index in [2.05, 4.69) is 11.6 Å². The van der Waals surface area contributed by atoms with Crippen molar-refractivity contribution in [1.82, 2.24) is 10.2 Å². The number of rotatable bonds is 5. The fraction of sp³-hybridized carbons (Fsp3) is 0.588. The highest BCUT2D eigenvalue weighted by Crippen LogP contribution is 2.28. The molecule has 3 atom stereocenters. The lowest BCUT2D eigenvalue weighted by atomic mass is 10.1. The number of phenolic OH excluding ortho intramolecular Hbond substituents is 1. The number of carbonyl (C=O) groups is 1. The average Bonchev–Trinajstić information content (AvgIpc) is 2.96. The predicted octanol–water partition coefficient (Wildman–Crippen LogP) is 3.25. The Kier molecular flexibility index (Phi) is 6.00. The van der Waals surface area contributed by atoms with Gasteiger partial charge in [0.15, 0.2) is 0 Å². The van der Waals surface area contributed by atoms with Gasteiger partial charge in [-0.2, -0.15) is 11.8 Å². The van der Waals surface area contributed by atoms with E-state index in [1.807, 2.05) is 37.9 Å². The van der Waals surface area contributed by atoms with Crippen molar-refractivity contribution < 1.29 is 9.90 Å². The van der Waals surface area contributed by atoms with Gasteiger partial charge < -0.3 is 15.3 Å². The SMILES string of the molecule is CSC1CCC(NC(=O)N(C)C(C)Cc2ccc(O)cc2)C1. The minimum absolute atomic E-state index is 0.0121. The molecule has 2 N–H and O–H groups in total. The van der Waals surface area contributed by atoms with E-state index < -0.39 is 0 Å². The summed E-state index contributed by atoms with van der Waals surface area (Å²) in [5.74, 6) is 0.270. The summed E-state index contributed by atoms with van der Waals surface area (Å²) >= 11 is 1.90. The number of hydrogen-bond donors (Lipinski definition) is 2. The molecule has 0 saturated heterocycles. The van der Waals surface area contributed by atoms with Crippen LogP contribution in [0, 0.1) is 0 Å². The first kappa shape index (κ1) is 17.0. The predicted molar refractivity (Wildman–Crippen MR) is 92.5 cm³/mol. The molecule has 122 valence electrons. The van der Waals surface area contributed by atoms with Gasteiger partial charge in [0.2, 0.25) is 0 Å². The molecule has 1 aromatic carbocycles. The normalized spacial score (nSPS) is 22.3. The number of amides is 2. The Labute approximate surface area is 137 Å². The van der Waals surface area contributed by atoms with Crippen molar-refractivity contribution in [2.45, 2.75) is 49.9 Å². The minimum atomic E-state index is 0.0121. The summed E-state index contributed by atoms with van der Waals surface area (Å²) in [7, 11) is 1.85. The number of likely N-dealkylation sites (N-methyl/N-ethyl adjacent to an activating group) is 1. The van der Waals surface area contributed by atoms with E-state index in [9.17, 15) is 9.90 Å². The highest BCUT2D eigenvalue weighted by atomic mass is 32.2. The largest absolute Gasteiger partial charge is 0.508 e. The number of carbonyl (C=O) groups excluding carboxylic acids is 1. The van der Waals surface area contributed by atoms with Crippen molar-refractivity contribution in [3.63, 3.8) is 0 Å². The maximum Gasteiger partial charge on any atom is 0.317 e. The van der Waals surface area contributed by atoms with Crippen LogP contribution in [0.4, 0.5) is 4.79 Å². The standard InChI is InChI=1S/C17H26N2O2S/c1-12(10-13-4-7-15(20)8-5-13)19(2)17(21)18-14-6-9-16(11-14)22-3/h4-5,7-8,12,14,16,20H,6,9-11H2,1-3H3,(H,18,21). The van der Waals surface area contributed by atoms with E-state index in [0.717, 1.165) is 24.8 Å². The maximum atomic E-state index is 12.3. The Morgan fingerprint density at radius 1 is 1.41 bits per heavy atom. The van der Waals surface area contributed by atoms with Crippen molar-refractivity contribution in [2.75, 3.05) is 13.3 Å². The molecule has 0 spiro atoms. The average molecular weight is 322 g/mol. The van der Waals surface area contributed by atoms with E-state index in [1.54, 1.807) is 17.0 Å². The minimum Gasteiger partial charge on any atom is -0.508 e. The van der Waals surface area contributed by atoms with Gasteiger partial charge in [-0.15, -0.1) is 0 Å². The Bertz CT molecular complexity index is 492. The zero-order valence-electron chi connectivity index (χ0n) is 13.6. The number of phenols is 1. The Hall–Kier alpha value is -1.36. The first-order valence-corrected chi connectivity index (χ1v) is 9.12. The van der Waals surface area contributed by atoms with Crippen LogP contribution < -0.4 is 5.32 Å². The molecule has 1 aromatic rings. The molecule has 0 radical (unpaired) electrons. The third kappa shape index (κ3) is 4.57. The number of aromatic hydroxyl groups is 1. The number of nitrogens with zero attached hydrogens (tertiary/aromatic N) is 1. The second-order valence-corrected chi connectivity index (χ2v) is 7.29. The van der Waals surface area contributed by atoms with Gasteiger partial charge in [-0.1, -0.05) is 12.1 Å². The third-order valence-corrected chi connectivity index (χ3v) is 5.59. The number of thioether (sulfide) groups is 1. The van der Waals surface area contributed by atoms with Crippen LogP contribution in [0.5, 0.6) is 5.75 Å². The van der Waals surface area contributed by atoms with Crippen molar-refractivity contribution in [3.8, 4) is 5.75 Å². The van der Waals surface area contributed by atoms with E-state index >= 15 is 0 Å². The second-order valence-electron chi connectivity index (χ2n) is 6.15. The zero-order valence-corrected chi connectivity index (χ0v) is 14.4. The monoisotopic (exact) mass is 322 g/mol. The Balaban J connectivity index is 1.83. The molecular weight excluding hydrogens is 296 g/mol. The number of benzene rings is 1. The van der Waals surface area contributed by atoms with E-state index in [1.165, 1.54) is 6.42 Å². The molecule has 2 rings (SSSR count). The summed E-state index contributed by atoms with van der Waals surface area (Å²) in [5, 5.41) is 13.2. The van der Waals surface area contributed by atoms with Gasteiger partial charge in [0, 0.05) is 24.4 Å². The number of hydrogen-bond acceptors (Lipinski definition) is 3. The Morgan fingerprint density at radius 2 is 2.09 bits per heavy atom. The van der Waals surface area contributed by atoms with Crippen molar-refractivity contribution >= 4 is 17.8 Å². The van der Waals surface area contributed by atoms with Gasteiger partial charge in [0.05, 0.1) is 0 Å². The summed E-state index contributed by atoms with van der Waals surface area (Å²) in [6, 6.07) is 7.61. The van der Waals surface area contributed by atoms with Crippen LogP contribution in [0.25, 0.3) is 0 Å². The molecule has 0 aliphatic heterocycles. The van der Waals surface area contributed by atoms with Crippen LogP contribution >= 0.6 is 11.8 Å². The first-order chi connectivity index (χ1) is 10.5. The fourth-order valence-electron chi connectivity index (χ4n) is 2.87. The van der Waals surface area contributed by atoms with Crippen molar-refractivity contribution in [3.05, 3.63) is 29.8 Å². The molecule has 0 aromatic heterocycles. The zero-order chi connectivity index (χ0) is 16.1. The number of urea groups is 1. The molecule has 1 saturated carbocycles. The van der Waals surface area contributed by atoms with Crippen LogP contribution in [0.2, 0.25) is 0 Å². The third-order valence-electron chi connectivity index (χ3n) is 4.49. The molecule has 22 heavy (non-hydrogen) atoms. The lowest BCUT2D eigenvalue weighted by Gasteiger charge is -2.27. The van der Waals surface area contributed by atoms with Crippen LogP contribution in [-0.2, 0) is 6.42 Å². The van der Waals surface area contributed by atoms with Crippen LogP contribution in [0.15, 0.2) is 24.3 Å². The molecule has 5 heteroatoms. The molecular formula is C17H26N2O2S. The van der Waals surface area contributed by atoms with Crippen molar-refractivity contribution in [2.24, 2.45) is 0 Å². The Morgan fingerprint density at radius 3 is 2.68 bits per heavy atom. The van der Waals surface area contributed by atoms with E-state index in [-0.39, 0.29) is 17.8 Å². The second kappa shape index (κ2) is 7.77. The summed E-state index contributed by atoms with van der Waals surface area (Å²) in [4.78, 5) is 14.1. The molecule has 0 bridgehead atoms. The smallest absolute Gasteiger partial charge is 0.317 e. The first-order valence-electron chi connectivity index (χ1n) is 7.83. The lowest BCUT2D eigenvalue weighted by molar-refractivity contribution is 0.190. The molecule has 4 nitrogen and oxygen atoms in total. The summed E-state index contributed by atoms with van der Waals surface area (Å²) < 4.78 is 0. The highest BCUT2D eigenvalue weighted by Gasteiger charge is 2.27. The van der Waals surface area contributed by atoms with Crippen LogP contribution in [0.3, 0.4) is 0 Å². The van der Waals surface area contributed by atoms with Gasteiger partial charge >= 0.3 is 6.03 Å². The van der Waals surface area contributed by atoms with E-state index in [4.69, 9.17) is 0 Å². The molecule has 0 heterocycles. The summed E-state index contributed by atoms with van der Waals surface area (Å²) in [6.45, 7) is 2.05. The molecule has 2 amide bonds. The fourth-order valence-corrected chi connectivity index (χ4v) is 3.67. The van der Waals surface area contributed by atoms with Gasteiger partial charge in [0.1, 0.15) is 5.75 Å². The number of nitrogens with one attached hydrogen (secondary N) is 1. The molecule has 3 unspecified atom stereocenters. The quantitative estimate of drug-likeness (QED) is 0.875. The van der Waals surface area contributed by atoms with Crippen LogP contribution in [-0.4, -0.2) is 46.7 Å². The summed E-state index contributed by atoms with van der Waals surface area (Å²) in [5.41, 5.74) is 1.12. The topological polar surface area (TPSA) is 52.6 Å². The van der Waals surface area contributed by atoms with Crippen molar-refractivity contribution in [1.29, 1.82) is 0 Å². The van der Waals surface area contributed by atoms with Gasteiger partial charge in [-0.3, -0.25) is 0 Å². The van der Waals surface area contributed by atoms with Gasteiger partial charge in [0.25, 0.3) is 0 Å². The molecule has 1 aliphatic carbocycles. The van der Waals surface area contributed by atoms with Crippen LogP contribution in [0.1, 0.15) is 31.7 Å².